The van der Waals surface area contributed by atoms with Gasteiger partial charge in [-0.05, 0) is 25.9 Å². The van der Waals surface area contributed by atoms with Gasteiger partial charge in [0.1, 0.15) is 5.82 Å². The lowest BCUT2D eigenvalue weighted by molar-refractivity contribution is 0.382. The molecule has 0 aliphatic carbocycles. The van der Waals surface area contributed by atoms with E-state index in [0.29, 0.717) is 17.6 Å². The summed E-state index contributed by atoms with van der Waals surface area (Å²) in [4.78, 5) is 4.41. The van der Waals surface area contributed by atoms with Crippen molar-refractivity contribution >= 4 is 11.8 Å². The number of piperidine rings is 1. The van der Waals surface area contributed by atoms with Crippen LogP contribution in [0, 0.1) is 0 Å². The summed E-state index contributed by atoms with van der Waals surface area (Å²) >= 11 is 1.58. The molecule has 0 atom stereocenters. The van der Waals surface area contributed by atoms with E-state index in [-0.39, 0.29) is 5.92 Å². The number of allylic oxidation sites excluding steroid dienone is 1. The van der Waals surface area contributed by atoms with Gasteiger partial charge in [-0.15, -0.1) is 16.8 Å². The second-order valence-electron chi connectivity index (χ2n) is 6.25. The highest BCUT2D eigenvalue weighted by Crippen LogP contribution is 2.28. The summed E-state index contributed by atoms with van der Waals surface area (Å²) in [6, 6.07) is 0. The minimum atomic E-state index is 0.267. The molecule has 0 radical (unpaired) electrons. The molecule has 0 spiro atoms. The molecule has 1 saturated heterocycles. The van der Waals surface area contributed by atoms with Crippen LogP contribution in [0.25, 0.3) is 0 Å². The summed E-state index contributed by atoms with van der Waals surface area (Å²) in [6.45, 7) is 10.8. The molecule has 130 valence electrons. The largest absolute Gasteiger partial charge is 0.338 e. The Morgan fingerprint density at radius 1 is 1.38 bits per heavy atom. The van der Waals surface area contributed by atoms with Crippen LogP contribution in [-0.4, -0.2) is 38.0 Å². The Kier molecular flexibility index (Phi) is 5.68. The third-order valence-electron chi connectivity index (χ3n) is 4.09. The van der Waals surface area contributed by atoms with Crippen molar-refractivity contribution in [3.63, 3.8) is 0 Å². The Morgan fingerprint density at radius 3 is 2.83 bits per heavy atom. The van der Waals surface area contributed by atoms with Crippen molar-refractivity contribution in [2.75, 3.05) is 13.1 Å². The molecule has 0 bridgehead atoms. The zero-order chi connectivity index (χ0) is 16.9. The first-order valence-corrected chi connectivity index (χ1v) is 9.37. The van der Waals surface area contributed by atoms with Gasteiger partial charge in [-0.2, -0.15) is 4.98 Å². The van der Waals surface area contributed by atoms with Crippen LogP contribution >= 0.6 is 11.8 Å². The highest BCUT2D eigenvalue weighted by molar-refractivity contribution is 7.98. The quantitative estimate of drug-likeness (QED) is 0.608. The van der Waals surface area contributed by atoms with E-state index in [9.17, 15) is 0 Å². The Bertz CT molecular complexity index is 674. The van der Waals surface area contributed by atoms with E-state index in [4.69, 9.17) is 4.52 Å². The SMILES string of the molecule is C=CCn1c(SCc2nc(C(C)C)no2)nnc1C1CCNCC1. The standard InChI is InChI=1S/C16H24N6OS/c1-4-9-22-15(12-5-7-17-8-6-12)19-20-16(22)24-10-13-18-14(11(2)3)21-23-13/h4,11-12,17H,1,5-10H2,2-3H3. The number of thioether (sulfide) groups is 1. The van der Waals surface area contributed by atoms with Gasteiger partial charge in [0, 0.05) is 18.4 Å². The second-order valence-corrected chi connectivity index (χ2v) is 7.20. The van der Waals surface area contributed by atoms with Gasteiger partial charge in [-0.1, -0.05) is 36.8 Å². The molecule has 0 aromatic carbocycles. The van der Waals surface area contributed by atoms with E-state index in [2.05, 4.69) is 36.8 Å². The van der Waals surface area contributed by atoms with Crippen LogP contribution in [0.15, 0.2) is 22.3 Å². The first-order chi connectivity index (χ1) is 11.7. The molecule has 0 amide bonds. The smallest absolute Gasteiger partial charge is 0.237 e. The lowest BCUT2D eigenvalue weighted by Gasteiger charge is -2.22. The summed E-state index contributed by atoms with van der Waals surface area (Å²) in [6.07, 6.45) is 4.09. The predicted octanol–water partition coefficient (Wildman–Crippen LogP) is 2.73. The summed E-state index contributed by atoms with van der Waals surface area (Å²) in [5.74, 6) is 3.76. The fourth-order valence-electron chi connectivity index (χ4n) is 2.78. The van der Waals surface area contributed by atoms with Crippen molar-refractivity contribution in [1.82, 2.24) is 30.2 Å². The van der Waals surface area contributed by atoms with Gasteiger partial charge in [0.2, 0.25) is 5.89 Å². The Hall–Kier alpha value is -1.67. The van der Waals surface area contributed by atoms with Crippen LogP contribution in [0.2, 0.25) is 0 Å². The Morgan fingerprint density at radius 2 is 2.17 bits per heavy atom. The minimum absolute atomic E-state index is 0.267. The molecule has 0 unspecified atom stereocenters. The highest BCUT2D eigenvalue weighted by atomic mass is 32.2. The molecule has 8 heteroatoms. The van der Waals surface area contributed by atoms with Gasteiger partial charge >= 0.3 is 0 Å². The summed E-state index contributed by atoms with van der Waals surface area (Å²) in [7, 11) is 0. The zero-order valence-corrected chi connectivity index (χ0v) is 15.1. The van der Waals surface area contributed by atoms with Crippen LogP contribution in [0.4, 0.5) is 0 Å². The minimum Gasteiger partial charge on any atom is -0.338 e. The van der Waals surface area contributed by atoms with Crippen LogP contribution in [0.1, 0.15) is 56.1 Å². The van der Waals surface area contributed by atoms with E-state index in [1.807, 2.05) is 19.9 Å². The molecular weight excluding hydrogens is 324 g/mol. The first kappa shape index (κ1) is 17.2. The molecule has 1 N–H and O–H groups in total. The number of rotatable bonds is 7. The van der Waals surface area contributed by atoms with Crippen molar-refractivity contribution in [2.45, 2.75) is 56.0 Å². The molecule has 1 aliphatic rings. The number of hydrogen-bond acceptors (Lipinski definition) is 7. The second kappa shape index (κ2) is 7.94. The van der Waals surface area contributed by atoms with E-state index in [1.165, 1.54) is 0 Å². The average molecular weight is 348 g/mol. The molecule has 24 heavy (non-hydrogen) atoms. The maximum absolute atomic E-state index is 5.30. The van der Waals surface area contributed by atoms with Gasteiger partial charge < -0.3 is 14.4 Å². The molecule has 0 saturated carbocycles. The molecule has 1 fully saturated rings. The molecule has 3 rings (SSSR count). The van der Waals surface area contributed by atoms with Gasteiger partial charge in [-0.3, -0.25) is 0 Å². The number of nitrogens with one attached hydrogen (secondary N) is 1. The van der Waals surface area contributed by atoms with Crippen molar-refractivity contribution < 1.29 is 4.52 Å². The molecule has 3 heterocycles. The zero-order valence-electron chi connectivity index (χ0n) is 14.2. The number of hydrogen-bond donors (Lipinski definition) is 1. The maximum atomic E-state index is 5.30. The van der Waals surface area contributed by atoms with Crippen molar-refractivity contribution in [2.24, 2.45) is 0 Å². The van der Waals surface area contributed by atoms with Gasteiger partial charge in [0.25, 0.3) is 0 Å². The maximum Gasteiger partial charge on any atom is 0.237 e. The molecule has 1 aliphatic heterocycles. The van der Waals surface area contributed by atoms with Crippen LogP contribution in [-0.2, 0) is 12.3 Å². The highest BCUT2D eigenvalue weighted by Gasteiger charge is 2.23. The number of aromatic nitrogens is 5. The molecule has 2 aromatic rings. The van der Waals surface area contributed by atoms with E-state index < -0.39 is 0 Å². The third-order valence-corrected chi connectivity index (χ3v) is 5.04. The third kappa shape index (κ3) is 3.87. The van der Waals surface area contributed by atoms with E-state index >= 15 is 0 Å². The van der Waals surface area contributed by atoms with Gasteiger partial charge in [0.15, 0.2) is 11.0 Å². The lowest BCUT2D eigenvalue weighted by atomic mass is 9.97. The summed E-state index contributed by atoms with van der Waals surface area (Å²) in [5.41, 5.74) is 0. The van der Waals surface area contributed by atoms with E-state index in [0.717, 1.165) is 49.3 Å². The predicted molar refractivity (Wildman–Crippen MR) is 93.0 cm³/mol. The van der Waals surface area contributed by atoms with E-state index in [1.54, 1.807) is 11.8 Å². The fraction of sp³-hybridized carbons (Fsp3) is 0.625. The van der Waals surface area contributed by atoms with Crippen molar-refractivity contribution in [3.05, 3.63) is 30.2 Å². The molecule has 7 nitrogen and oxygen atoms in total. The summed E-state index contributed by atoms with van der Waals surface area (Å²) in [5, 5.41) is 17.1. The van der Waals surface area contributed by atoms with Crippen LogP contribution in [0.3, 0.4) is 0 Å². The number of nitrogens with zero attached hydrogens (tertiary/aromatic N) is 5. The first-order valence-electron chi connectivity index (χ1n) is 8.39. The van der Waals surface area contributed by atoms with Crippen molar-refractivity contribution in [1.29, 1.82) is 0 Å². The Balaban J connectivity index is 1.72. The lowest BCUT2D eigenvalue weighted by Crippen LogP contribution is -2.28. The van der Waals surface area contributed by atoms with Crippen molar-refractivity contribution in [3.8, 4) is 0 Å². The van der Waals surface area contributed by atoms with Crippen LogP contribution in [0.5, 0.6) is 0 Å². The van der Waals surface area contributed by atoms with Gasteiger partial charge in [-0.25, -0.2) is 0 Å². The summed E-state index contributed by atoms with van der Waals surface area (Å²) < 4.78 is 7.46. The van der Waals surface area contributed by atoms with Gasteiger partial charge in [0.05, 0.1) is 5.75 Å². The monoisotopic (exact) mass is 348 g/mol. The Labute approximate surface area is 146 Å². The average Bonchev–Trinajstić information content (AvgIpc) is 3.21. The normalized spacial score (nSPS) is 16.0. The van der Waals surface area contributed by atoms with Crippen LogP contribution < -0.4 is 5.32 Å². The fourth-order valence-corrected chi connectivity index (χ4v) is 3.57. The molecular formula is C16H24N6OS. The molecule has 2 aromatic heterocycles. The topological polar surface area (TPSA) is 81.7 Å².